The lowest BCUT2D eigenvalue weighted by atomic mass is 10.2. The van der Waals surface area contributed by atoms with Crippen molar-refractivity contribution in [2.24, 2.45) is 0 Å². The quantitative estimate of drug-likeness (QED) is 0.881. The molecule has 2 aromatic heterocycles. The van der Waals surface area contributed by atoms with Crippen LogP contribution < -0.4 is 5.32 Å². The molecule has 0 saturated heterocycles. The van der Waals surface area contributed by atoms with E-state index in [4.69, 9.17) is 0 Å². The highest BCUT2D eigenvalue weighted by molar-refractivity contribution is 7.09. The van der Waals surface area contributed by atoms with Crippen molar-refractivity contribution in [2.75, 3.05) is 0 Å². The average molecular weight is 278 g/mol. The van der Waals surface area contributed by atoms with E-state index in [9.17, 15) is 4.79 Å². The number of nitrogens with zero attached hydrogens (tertiary/aromatic N) is 2. The molecule has 0 bridgehead atoms. The summed E-state index contributed by atoms with van der Waals surface area (Å²) in [5.41, 5.74) is 1.82. The zero-order valence-electron chi connectivity index (χ0n) is 11.4. The molecule has 2 N–H and O–H groups in total. The summed E-state index contributed by atoms with van der Waals surface area (Å²) in [7, 11) is 0. The molecule has 5 nitrogen and oxygen atoms in total. The predicted molar refractivity (Wildman–Crippen MR) is 75.1 cm³/mol. The van der Waals surface area contributed by atoms with Crippen LogP contribution in [0.1, 0.15) is 41.6 Å². The van der Waals surface area contributed by atoms with Gasteiger partial charge in [-0.3, -0.25) is 4.79 Å². The van der Waals surface area contributed by atoms with Gasteiger partial charge >= 0.3 is 0 Å². The average Bonchev–Trinajstić information content (AvgIpc) is 2.95. The summed E-state index contributed by atoms with van der Waals surface area (Å²) in [6.45, 7) is 5.91. The van der Waals surface area contributed by atoms with Crippen LogP contribution in [-0.4, -0.2) is 20.9 Å². The normalized spacial score (nSPS) is 12.4. The number of aromatic amines is 1. The Labute approximate surface area is 116 Å². The minimum atomic E-state index is -0.0686. The van der Waals surface area contributed by atoms with Crippen LogP contribution in [0.5, 0.6) is 0 Å². The molecular weight excluding hydrogens is 260 g/mol. The third kappa shape index (κ3) is 3.64. The maximum atomic E-state index is 12.0. The molecule has 0 fully saturated rings. The Morgan fingerprint density at radius 1 is 1.53 bits per heavy atom. The second-order valence-electron chi connectivity index (χ2n) is 4.51. The molecule has 2 aromatic rings. The third-order valence-corrected chi connectivity index (χ3v) is 3.63. The Bertz CT molecular complexity index is 560. The molecule has 1 atom stereocenters. The molecule has 0 spiro atoms. The van der Waals surface area contributed by atoms with Crippen LogP contribution >= 0.6 is 11.3 Å². The van der Waals surface area contributed by atoms with Gasteiger partial charge in [0.05, 0.1) is 23.2 Å². The summed E-state index contributed by atoms with van der Waals surface area (Å²) >= 11 is 1.56. The number of hydrogen-bond acceptors (Lipinski definition) is 4. The fourth-order valence-corrected chi connectivity index (χ4v) is 2.49. The van der Waals surface area contributed by atoms with Crippen molar-refractivity contribution in [1.82, 2.24) is 20.3 Å². The van der Waals surface area contributed by atoms with Crippen LogP contribution in [0.2, 0.25) is 0 Å². The van der Waals surface area contributed by atoms with E-state index in [1.807, 2.05) is 26.2 Å². The van der Waals surface area contributed by atoms with Crippen LogP contribution in [0.15, 0.2) is 11.6 Å². The van der Waals surface area contributed by atoms with Gasteiger partial charge < -0.3 is 10.3 Å². The molecule has 0 aromatic carbocycles. The molecule has 0 aliphatic heterocycles. The van der Waals surface area contributed by atoms with Gasteiger partial charge in [0.1, 0.15) is 5.82 Å². The van der Waals surface area contributed by atoms with Gasteiger partial charge in [-0.25, -0.2) is 9.97 Å². The number of aryl methyl sites for hydroxylation is 2. The van der Waals surface area contributed by atoms with E-state index in [0.717, 1.165) is 28.6 Å². The van der Waals surface area contributed by atoms with Gasteiger partial charge in [-0.05, 0) is 20.3 Å². The number of amides is 1. The maximum absolute atomic E-state index is 12.0. The van der Waals surface area contributed by atoms with Gasteiger partial charge in [-0.15, -0.1) is 11.3 Å². The van der Waals surface area contributed by atoms with Crippen molar-refractivity contribution >= 4 is 17.2 Å². The minimum absolute atomic E-state index is 0.0220. The standard InChI is InChI=1S/C13H18N4OS/c1-4-11(13-14-6-8(2)15-13)17-12(18)5-10-7-19-9(3)16-10/h6-7,11H,4-5H2,1-3H3,(H,14,15)(H,17,18). The highest BCUT2D eigenvalue weighted by Gasteiger charge is 2.16. The van der Waals surface area contributed by atoms with Crippen molar-refractivity contribution < 1.29 is 4.79 Å². The first-order chi connectivity index (χ1) is 9.08. The minimum Gasteiger partial charge on any atom is -0.346 e. The largest absolute Gasteiger partial charge is 0.346 e. The fourth-order valence-electron chi connectivity index (χ4n) is 1.87. The molecular formula is C13H18N4OS. The van der Waals surface area contributed by atoms with Crippen molar-refractivity contribution in [3.05, 3.63) is 33.8 Å². The summed E-state index contributed by atoms with van der Waals surface area (Å²) < 4.78 is 0. The second kappa shape index (κ2) is 5.97. The molecule has 6 heteroatoms. The number of carbonyl (C=O) groups is 1. The van der Waals surface area contributed by atoms with Crippen molar-refractivity contribution in [1.29, 1.82) is 0 Å². The first kappa shape index (κ1) is 13.7. The van der Waals surface area contributed by atoms with Gasteiger partial charge in [0, 0.05) is 17.3 Å². The number of thiazole rings is 1. The maximum Gasteiger partial charge on any atom is 0.226 e. The fraction of sp³-hybridized carbons (Fsp3) is 0.462. The Kier molecular flexibility index (Phi) is 4.31. The molecule has 19 heavy (non-hydrogen) atoms. The SMILES string of the molecule is CCC(NC(=O)Cc1csc(C)n1)c1ncc(C)[nH]1. The lowest BCUT2D eigenvalue weighted by molar-refractivity contribution is -0.121. The van der Waals surface area contributed by atoms with E-state index in [1.165, 1.54) is 0 Å². The van der Waals surface area contributed by atoms with E-state index >= 15 is 0 Å². The Morgan fingerprint density at radius 2 is 2.32 bits per heavy atom. The van der Waals surface area contributed by atoms with Gasteiger partial charge in [-0.2, -0.15) is 0 Å². The number of H-pyrrole nitrogens is 1. The number of carbonyl (C=O) groups excluding carboxylic acids is 1. The van der Waals surface area contributed by atoms with E-state index in [2.05, 4.69) is 20.3 Å². The van der Waals surface area contributed by atoms with Crippen LogP contribution in [0, 0.1) is 13.8 Å². The number of imidazole rings is 1. The summed E-state index contributed by atoms with van der Waals surface area (Å²) in [5, 5.41) is 5.89. The van der Waals surface area contributed by atoms with Crippen LogP contribution in [0.25, 0.3) is 0 Å². The van der Waals surface area contributed by atoms with Crippen molar-refractivity contribution in [3.63, 3.8) is 0 Å². The zero-order chi connectivity index (χ0) is 13.8. The Balaban J connectivity index is 1.96. The molecule has 1 unspecified atom stereocenters. The highest BCUT2D eigenvalue weighted by Crippen LogP contribution is 2.14. The summed E-state index contributed by atoms with van der Waals surface area (Å²) in [5.74, 6) is 0.786. The van der Waals surface area contributed by atoms with E-state index in [0.29, 0.717) is 6.42 Å². The van der Waals surface area contributed by atoms with Gasteiger partial charge in [0.25, 0.3) is 0 Å². The Hall–Kier alpha value is -1.69. The molecule has 0 aliphatic carbocycles. The smallest absolute Gasteiger partial charge is 0.226 e. The number of aromatic nitrogens is 3. The highest BCUT2D eigenvalue weighted by atomic mass is 32.1. The number of nitrogens with one attached hydrogen (secondary N) is 2. The molecule has 1 amide bonds. The van der Waals surface area contributed by atoms with Crippen LogP contribution in [0.3, 0.4) is 0 Å². The summed E-state index contributed by atoms with van der Waals surface area (Å²) in [6, 6.07) is -0.0686. The zero-order valence-corrected chi connectivity index (χ0v) is 12.2. The van der Waals surface area contributed by atoms with Gasteiger partial charge in [0.2, 0.25) is 5.91 Å². The molecule has 2 heterocycles. The van der Waals surface area contributed by atoms with Crippen LogP contribution in [-0.2, 0) is 11.2 Å². The monoisotopic (exact) mass is 278 g/mol. The lowest BCUT2D eigenvalue weighted by Gasteiger charge is -2.14. The molecule has 0 aliphatic rings. The molecule has 0 radical (unpaired) electrons. The Morgan fingerprint density at radius 3 is 2.84 bits per heavy atom. The molecule has 2 rings (SSSR count). The third-order valence-electron chi connectivity index (χ3n) is 2.80. The lowest BCUT2D eigenvalue weighted by Crippen LogP contribution is -2.30. The number of rotatable bonds is 5. The topological polar surface area (TPSA) is 70.7 Å². The van der Waals surface area contributed by atoms with Crippen molar-refractivity contribution in [2.45, 2.75) is 39.7 Å². The first-order valence-corrected chi connectivity index (χ1v) is 7.18. The van der Waals surface area contributed by atoms with Gasteiger partial charge in [-0.1, -0.05) is 6.92 Å². The van der Waals surface area contributed by atoms with Gasteiger partial charge in [0.15, 0.2) is 0 Å². The first-order valence-electron chi connectivity index (χ1n) is 6.30. The molecule has 102 valence electrons. The summed E-state index contributed by atoms with van der Waals surface area (Å²) in [6.07, 6.45) is 2.89. The van der Waals surface area contributed by atoms with E-state index < -0.39 is 0 Å². The summed E-state index contributed by atoms with van der Waals surface area (Å²) in [4.78, 5) is 23.7. The number of hydrogen-bond donors (Lipinski definition) is 2. The van der Waals surface area contributed by atoms with Crippen molar-refractivity contribution in [3.8, 4) is 0 Å². The second-order valence-corrected chi connectivity index (χ2v) is 5.58. The van der Waals surface area contributed by atoms with Crippen LogP contribution in [0.4, 0.5) is 0 Å². The van der Waals surface area contributed by atoms with E-state index in [-0.39, 0.29) is 11.9 Å². The van der Waals surface area contributed by atoms with E-state index in [1.54, 1.807) is 17.5 Å². The molecule has 0 saturated carbocycles. The predicted octanol–water partition coefficient (Wildman–Crippen LogP) is 2.29.